The molecule has 0 bridgehead atoms. The van der Waals surface area contributed by atoms with E-state index in [1.54, 1.807) is 18.0 Å². The van der Waals surface area contributed by atoms with Crippen molar-refractivity contribution in [2.75, 3.05) is 25.5 Å². The molecule has 0 unspecified atom stereocenters. The Bertz CT molecular complexity index is 542. The SMILES string of the molecule is c1coc(CNCCSc2ccc3c(c2)OCCO3)c1. The van der Waals surface area contributed by atoms with E-state index in [9.17, 15) is 0 Å². The third-order valence-electron chi connectivity index (χ3n) is 2.94. The Kier molecular flexibility index (Phi) is 4.50. The van der Waals surface area contributed by atoms with Crippen LogP contribution >= 0.6 is 11.8 Å². The van der Waals surface area contributed by atoms with Crippen molar-refractivity contribution in [2.45, 2.75) is 11.4 Å². The summed E-state index contributed by atoms with van der Waals surface area (Å²) in [6.45, 7) is 2.97. The topological polar surface area (TPSA) is 43.6 Å². The number of ether oxygens (including phenoxy) is 2. The van der Waals surface area contributed by atoms with Crippen LogP contribution in [-0.2, 0) is 6.54 Å². The van der Waals surface area contributed by atoms with E-state index in [2.05, 4.69) is 11.4 Å². The molecule has 0 saturated heterocycles. The van der Waals surface area contributed by atoms with E-state index >= 15 is 0 Å². The lowest BCUT2D eigenvalue weighted by Crippen LogP contribution is -2.16. The molecule has 3 rings (SSSR count). The van der Waals surface area contributed by atoms with E-state index in [1.807, 2.05) is 24.3 Å². The highest BCUT2D eigenvalue weighted by Crippen LogP contribution is 2.33. The Morgan fingerprint density at radius 3 is 2.85 bits per heavy atom. The minimum absolute atomic E-state index is 0.631. The van der Waals surface area contributed by atoms with Gasteiger partial charge in [0, 0.05) is 17.2 Å². The summed E-state index contributed by atoms with van der Waals surface area (Å²) in [7, 11) is 0. The first kappa shape index (κ1) is 13.4. The lowest BCUT2D eigenvalue weighted by molar-refractivity contribution is 0.171. The van der Waals surface area contributed by atoms with Crippen LogP contribution in [0, 0.1) is 0 Å². The maximum Gasteiger partial charge on any atom is 0.162 e. The summed E-state index contributed by atoms with van der Waals surface area (Å²) in [5.41, 5.74) is 0. The first-order valence-electron chi connectivity index (χ1n) is 6.67. The molecule has 1 N–H and O–H groups in total. The molecule has 0 atom stereocenters. The summed E-state index contributed by atoms with van der Waals surface area (Å²) in [4.78, 5) is 1.20. The molecule has 0 aliphatic carbocycles. The van der Waals surface area contributed by atoms with E-state index in [0.717, 1.165) is 36.1 Å². The molecule has 0 saturated carbocycles. The van der Waals surface area contributed by atoms with Crippen LogP contribution in [0.5, 0.6) is 11.5 Å². The quantitative estimate of drug-likeness (QED) is 0.655. The zero-order chi connectivity index (χ0) is 13.6. The summed E-state index contributed by atoms with van der Waals surface area (Å²) in [6.07, 6.45) is 1.70. The number of hydrogen-bond donors (Lipinski definition) is 1. The summed E-state index contributed by atoms with van der Waals surface area (Å²) < 4.78 is 16.3. The Balaban J connectivity index is 1.42. The number of fused-ring (bicyclic) bond motifs is 1. The van der Waals surface area contributed by atoms with Gasteiger partial charge in [-0.15, -0.1) is 11.8 Å². The van der Waals surface area contributed by atoms with E-state index < -0.39 is 0 Å². The molecular formula is C15H17NO3S. The van der Waals surface area contributed by atoms with Crippen LogP contribution in [0.3, 0.4) is 0 Å². The van der Waals surface area contributed by atoms with Crippen molar-refractivity contribution in [3.63, 3.8) is 0 Å². The second-order valence-electron chi connectivity index (χ2n) is 4.41. The van der Waals surface area contributed by atoms with Gasteiger partial charge in [0.2, 0.25) is 0 Å². The predicted octanol–water partition coefficient (Wildman–Crippen LogP) is 2.93. The molecule has 1 aromatic heterocycles. The third kappa shape index (κ3) is 3.49. The van der Waals surface area contributed by atoms with Gasteiger partial charge in [0.05, 0.1) is 12.8 Å². The van der Waals surface area contributed by atoms with Crippen LogP contribution in [0.2, 0.25) is 0 Å². The monoisotopic (exact) mass is 291 g/mol. The van der Waals surface area contributed by atoms with Gasteiger partial charge in [-0.1, -0.05) is 0 Å². The predicted molar refractivity (Wildman–Crippen MR) is 78.6 cm³/mol. The molecule has 1 aliphatic heterocycles. The normalized spacial score (nSPS) is 13.4. The second-order valence-corrected chi connectivity index (χ2v) is 5.58. The van der Waals surface area contributed by atoms with Crippen LogP contribution in [0.25, 0.3) is 0 Å². The van der Waals surface area contributed by atoms with Gasteiger partial charge >= 0.3 is 0 Å². The van der Waals surface area contributed by atoms with Gasteiger partial charge in [-0.05, 0) is 30.3 Å². The van der Waals surface area contributed by atoms with Crippen LogP contribution in [0.4, 0.5) is 0 Å². The average Bonchev–Trinajstić information content (AvgIpc) is 3.00. The molecule has 2 aromatic rings. The highest BCUT2D eigenvalue weighted by molar-refractivity contribution is 7.99. The molecule has 1 aliphatic rings. The average molecular weight is 291 g/mol. The molecule has 1 aromatic carbocycles. The van der Waals surface area contributed by atoms with E-state index in [4.69, 9.17) is 13.9 Å². The molecule has 2 heterocycles. The smallest absolute Gasteiger partial charge is 0.162 e. The number of rotatable bonds is 6. The minimum Gasteiger partial charge on any atom is -0.486 e. The number of nitrogens with one attached hydrogen (secondary N) is 1. The molecule has 5 heteroatoms. The van der Waals surface area contributed by atoms with Crippen molar-refractivity contribution < 1.29 is 13.9 Å². The fraction of sp³-hybridized carbons (Fsp3) is 0.333. The molecule has 0 amide bonds. The first-order valence-corrected chi connectivity index (χ1v) is 7.66. The van der Waals surface area contributed by atoms with Gasteiger partial charge in [-0.25, -0.2) is 0 Å². The highest BCUT2D eigenvalue weighted by atomic mass is 32.2. The maximum atomic E-state index is 5.57. The van der Waals surface area contributed by atoms with Crippen LogP contribution in [0.15, 0.2) is 45.9 Å². The Morgan fingerprint density at radius 2 is 2.00 bits per heavy atom. The lowest BCUT2D eigenvalue weighted by atomic mass is 10.3. The number of hydrogen-bond acceptors (Lipinski definition) is 5. The first-order chi connectivity index (χ1) is 9.92. The van der Waals surface area contributed by atoms with Crippen molar-refractivity contribution in [1.82, 2.24) is 5.32 Å². The summed E-state index contributed by atoms with van der Waals surface area (Å²) in [5.74, 6) is 3.66. The van der Waals surface area contributed by atoms with Crippen molar-refractivity contribution in [2.24, 2.45) is 0 Å². The number of thioether (sulfide) groups is 1. The lowest BCUT2D eigenvalue weighted by Gasteiger charge is -2.18. The molecule has 0 fully saturated rings. The van der Waals surface area contributed by atoms with Crippen molar-refractivity contribution in [3.8, 4) is 11.5 Å². The molecule has 20 heavy (non-hydrogen) atoms. The fourth-order valence-electron chi connectivity index (χ4n) is 1.98. The molecule has 4 nitrogen and oxygen atoms in total. The standard InChI is InChI=1S/C15H17NO3S/c1-2-12(17-6-1)11-16-5-9-20-13-3-4-14-15(10-13)19-8-7-18-14/h1-4,6,10,16H,5,7-9,11H2. The molecule has 106 valence electrons. The largest absolute Gasteiger partial charge is 0.486 e. The summed E-state index contributed by atoms with van der Waals surface area (Å²) >= 11 is 1.80. The zero-order valence-corrected chi connectivity index (χ0v) is 11.9. The van der Waals surface area contributed by atoms with Gasteiger partial charge < -0.3 is 19.2 Å². The van der Waals surface area contributed by atoms with Gasteiger partial charge in [0.25, 0.3) is 0 Å². The van der Waals surface area contributed by atoms with Crippen LogP contribution in [-0.4, -0.2) is 25.5 Å². The molecular weight excluding hydrogens is 274 g/mol. The summed E-state index contributed by atoms with van der Waals surface area (Å²) in [5, 5.41) is 3.35. The van der Waals surface area contributed by atoms with Crippen molar-refractivity contribution in [3.05, 3.63) is 42.4 Å². The zero-order valence-electron chi connectivity index (χ0n) is 11.1. The number of furan rings is 1. The Hall–Kier alpha value is -1.59. The second kappa shape index (κ2) is 6.72. The molecule has 0 spiro atoms. The van der Waals surface area contributed by atoms with Gasteiger partial charge in [0.1, 0.15) is 19.0 Å². The summed E-state index contributed by atoms with van der Waals surface area (Å²) in [6, 6.07) is 9.98. The minimum atomic E-state index is 0.631. The number of benzene rings is 1. The fourth-order valence-corrected chi connectivity index (χ4v) is 2.82. The van der Waals surface area contributed by atoms with Crippen LogP contribution in [0.1, 0.15) is 5.76 Å². The van der Waals surface area contributed by atoms with E-state index in [0.29, 0.717) is 13.2 Å². The molecule has 0 radical (unpaired) electrons. The van der Waals surface area contributed by atoms with Gasteiger partial charge in [-0.3, -0.25) is 0 Å². The van der Waals surface area contributed by atoms with Crippen LogP contribution < -0.4 is 14.8 Å². The Labute approximate surface area is 122 Å². The van der Waals surface area contributed by atoms with Crippen molar-refractivity contribution in [1.29, 1.82) is 0 Å². The van der Waals surface area contributed by atoms with Gasteiger partial charge in [-0.2, -0.15) is 0 Å². The highest BCUT2D eigenvalue weighted by Gasteiger charge is 2.11. The van der Waals surface area contributed by atoms with Gasteiger partial charge in [0.15, 0.2) is 11.5 Å². The Morgan fingerprint density at radius 1 is 1.10 bits per heavy atom. The van der Waals surface area contributed by atoms with E-state index in [1.165, 1.54) is 4.90 Å². The van der Waals surface area contributed by atoms with E-state index in [-0.39, 0.29) is 0 Å². The van der Waals surface area contributed by atoms with Crippen molar-refractivity contribution >= 4 is 11.8 Å². The third-order valence-corrected chi connectivity index (χ3v) is 3.94. The maximum absolute atomic E-state index is 5.57.